The highest BCUT2D eigenvalue weighted by atomic mass is 19.4. The van der Waals surface area contributed by atoms with Crippen molar-refractivity contribution in [2.45, 2.75) is 11.8 Å². The summed E-state index contributed by atoms with van der Waals surface area (Å²) in [5.41, 5.74) is -3.89. The minimum Gasteiger partial charge on any atom is -0.368 e. The molecule has 3 nitrogen and oxygen atoms in total. The molecule has 1 aliphatic rings. The first-order valence-electron chi connectivity index (χ1n) is 4.07. The molecule has 0 saturated carbocycles. The van der Waals surface area contributed by atoms with E-state index in [1.807, 2.05) is 5.32 Å². The summed E-state index contributed by atoms with van der Waals surface area (Å²) in [5.74, 6) is -1.46. The lowest BCUT2D eigenvalue weighted by molar-refractivity contribution is -0.252. The van der Waals surface area contributed by atoms with Gasteiger partial charge in [-0.3, -0.25) is 4.79 Å². The maximum Gasteiger partial charge on any atom is 0.430 e. The van der Waals surface area contributed by atoms with Crippen LogP contribution < -0.4 is 5.32 Å². The van der Waals surface area contributed by atoms with Gasteiger partial charge in [-0.25, -0.2) is 0 Å². The summed E-state index contributed by atoms with van der Waals surface area (Å²) < 4.78 is 37.7. The SMILES string of the molecule is O=C1Nc2ccccc2[C@]1(O)C(F)(F)F. The Morgan fingerprint density at radius 3 is 2.47 bits per heavy atom. The Morgan fingerprint density at radius 2 is 1.87 bits per heavy atom. The summed E-state index contributed by atoms with van der Waals surface area (Å²) in [4.78, 5) is 11.1. The summed E-state index contributed by atoms with van der Waals surface area (Å²) in [7, 11) is 0. The fourth-order valence-corrected chi connectivity index (χ4v) is 1.52. The minimum atomic E-state index is -5.02. The van der Waals surface area contributed by atoms with Crippen LogP contribution in [0.1, 0.15) is 5.56 Å². The van der Waals surface area contributed by atoms with Gasteiger partial charge in [0.2, 0.25) is 0 Å². The number of carbonyl (C=O) groups excluding carboxylic acids is 1. The van der Waals surface area contributed by atoms with Gasteiger partial charge in [-0.1, -0.05) is 18.2 Å². The number of para-hydroxylation sites is 1. The van der Waals surface area contributed by atoms with Crippen LogP contribution in [0.2, 0.25) is 0 Å². The molecule has 1 aliphatic heterocycles. The number of halogens is 3. The third kappa shape index (κ3) is 1.14. The first-order valence-corrected chi connectivity index (χ1v) is 4.07. The fraction of sp³-hybridized carbons (Fsp3) is 0.222. The second kappa shape index (κ2) is 2.73. The van der Waals surface area contributed by atoms with Crippen LogP contribution in [0.15, 0.2) is 24.3 Å². The van der Waals surface area contributed by atoms with Crippen LogP contribution in [0.5, 0.6) is 0 Å². The zero-order valence-corrected chi connectivity index (χ0v) is 7.30. The van der Waals surface area contributed by atoms with Gasteiger partial charge in [0.25, 0.3) is 11.5 Å². The molecule has 15 heavy (non-hydrogen) atoms. The first-order chi connectivity index (χ1) is 6.87. The molecule has 80 valence electrons. The Hall–Kier alpha value is -1.56. The van der Waals surface area contributed by atoms with Gasteiger partial charge in [-0.15, -0.1) is 0 Å². The number of benzene rings is 1. The molecule has 6 heteroatoms. The number of alkyl halides is 3. The number of carbonyl (C=O) groups is 1. The number of hydrogen-bond donors (Lipinski definition) is 2. The molecule has 1 amide bonds. The van der Waals surface area contributed by atoms with E-state index in [2.05, 4.69) is 0 Å². The molecule has 1 aromatic carbocycles. The first kappa shape index (κ1) is 9.97. The number of nitrogens with one attached hydrogen (secondary N) is 1. The predicted molar refractivity (Wildman–Crippen MR) is 45.0 cm³/mol. The zero-order chi connectivity index (χ0) is 11.3. The van der Waals surface area contributed by atoms with Crippen LogP contribution in [0.3, 0.4) is 0 Å². The van der Waals surface area contributed by atoms with Crippen molar-refractivity contribution in [1.29, 1.82) is 0 Å². The van der Waals surface area contributed by atoms with Gasteiger partial charge >= 0.3 is 6.18 Å². The lowest BCUT2D eigenvalue weighted by Gasteiger charge is -2.23. The van der Waals surface area contributed by atoms with E-state index in [9.17, 15) is 23.1 Å². The maximum atomic E-state index is 12.6. The number of aliphatic hydroxyl groups is 1. The van der Waals surface area contributed by atoms with E-state index in [1.165, 1.54) is 18.2 Å². The third-order valence-corrected chi connectivity index (χ3v) is 2.30. The van der Waals surface area contributed by atoms with Crippen LogP contribution in [-0.2, 0) is 10.4 Å². The van der Waals surface area contributed by atoms with E-state index in [1.54, 1.807) is 0 Å². The quantitative estimate of drug-likeness (QED) is 0.689. The molecule has 0 bridgehead atoms. The highest BCUT2D eigenvalue weighted by Crippen LogP contribution is 2.46. The summed E-state index contributed by atoms with van der Waals surface area (Å²) in [6.45, 7) is 0. The van der Waals surface area contributed by atoms with Crippen molar-refractivity contribution in [3.8, 4) is 0 Å². The van der Waals surface area contributed by atoms with Crippen molar-refractivity contribution in [2.75, 3.05) is 5.32 Å². The van der Waals surface area contributed by atoms with Crippen molar-refractivity contribution in [3.05, 3.63) is 29.8 Å². The molecule has 0 radical (unpaired) electrons. The van der Waals surface area contributed by atoms with Crippen LogP contribution in [-0.4, -0.2) is 17.2 Å². The van der Waals surface area contributed by atoms with E-state index in [-0.39, 0.29) is 5.69 Å². The predicted octanol–water partition coefficient (Wildman–Crippen LogP) is 1.39. The normalized spacial score (nSPS) is 24.9. The zero-order valence-electron chi connectivity index (χ0n) is 7.30. The standard InChI is InChI=1S/C9H6F3NO2/c10-9(11,12)8(15)5-3-1-2-4-6(5)13-7(8)14/h1-4,15H,(H,13,14)/t8-/m1/s1. The average Bonchev–Trinajstić information content (AvgIpc) is 2.40. The number of anilines is 1. The lowest BCUT2D eigenvalue weighted by atomic mass is 9.95. The summed E-state index contributed by atoms with van der Waals surface area (Å²) in [6.07, 6.45) is -5.02. The summed E-state index contributed by atoms with van der Waals surface area (Å²) in [6, 6.07) is 5.18. The van der Waals surface area contributed by atoms with Crippen LogP contribution in [0, 0.1) is 0 Å². The molecule has 1 aromatic rings. The fourth-order valence-electron chi connectivity index (χ4n) is 1.52. The summed E-state index contributed by atoms with van der Waals surface area (Å²) in [5, 5.41) is 11.4. The monoisotopic (exact) mass is 217 g/mol. The van der Waals surface area contributed by atoms with Gasteiger partial charge in [0.1, 0.15) is 0 Å². The van der Waals surface area contributed by atoms with Crippen molar-refractivity contribution < 1.29 is 23.1 Å². The van der Waals surface area contributed by atoms with Crippen molar-refractivity contribution in [2.24, 2.45) is 0 Å². The number of fused-ring (bicyclic) bond motifs is 1. The van der Waals surface area contributed by atoms with Crippen molar-refractivity contribution >= 4 is 11.6 Å². The number of rotatable bonds is 0. The average molecular weight is 217 g/mol. The van der Waals surface area contributed by atoms with Crippen molar-refractivity contribution in [3.63, 3.8) is 0 Å². The van der Waals surface area contributed by atoms with E-state index >= 15 is 0 Å². The molecule has 0 aliphatic carbocycles. The largest absolute Gasteiger partial charge is 0.430 e. The Labute approximate surface area is 82.5 Å². The highest BCUT2D eigenvalue weighted by molar-refractivity contribution is 6.05. The molecule has 0 unspecified atom stereocenters. The second-order valence-corrected chi connectivity index (χ2v) is 3.21. The topological polar surface area (TPSA) is 49.3 Å². The lowest BCUT2D eigenvalue weighted by Crippen LogP contribution is -2.47. The molecule has 0 spiro atoms. The molecular weight excluding hydrogens is 211 g/mol. The minimum absolute atomic E-state index is 0.0117. The Kier molecular flexibility index (Phi) is 1.81. The van der Waals surface area contributed by atoms with Crippen LogP contribution >= 0.6 is 0 Å². The number of amides is 1. The number of hydrogen-bond acceptors (Lipinski definition) is 2. The van der Waals surface area contributed by atoms with Gasteiger partial charge in [-0.05, 0) is 6.07 Å². The van der Waals surface area contributed by atoms with E-state index in [0.29, 0.717) is 0 Å². The van der Waals surface area contributed by atoms with E-state index in [4.69, 9.17) is 0 Å². The van der Waals surface area contributed by atoms with Crippen LogP contribution in [0.25, 0.3) is 0 Å². The molecule has 0 aromatic heterocycles. The van der Waals surface area contributed by atoms with E-state index in [0.717, 1.165) is 6.07 Å². The van der Waals surface area contributed by atoms with E-state index < -0.39 is 23.2 Å². The molecule has 0 saturated heterocycles. The smallest absolute Gasteiger partial charge is 0.368 e. The van der Waals surface area contributed by atoms with Gasteiger partial charge in [-0.2, -0.15) is 13.2 Å². The molecule has 1 heterocycles. The van der Waals surface area contributed by atoms with Gasteiger partial charge in [0.15, 0.2) is 0 Å². The molecule has 2 N–H and O–H groups in total. The molecular formula is C9H6F3NO2. The maximum absolute atomic E-state index is 12.6. The van der Waals surface area contributed by atoms with Gasteiger partial charge < -0.3 is 10.4 Å². The highest BCUT2D eigenvalue weighted by Gasteiger charge is 2.64. The molecule has 2 rings (SSSR count). The van der Waals surface area contributed by atoms with Gasteiger partial charge in [0, 0.05) is 11.3 Å². The second-order valence-electron chi connectivity index (χ2n) is 3.21. The van der Waals surface area contributed by atoms with Crippen LogP contribution in [0.4, 0.5) is 18.9 Å². The van der Waals surface area contributed by atoms with Crippen molar-refractivity contribution in [1.82, 2.24) is 0 Å². The Morgan fingerprint density at radius 1 is 1.27 bits per heavy atom. The molecule has 1 atom stereocenters. The molecule has 0 fully saturated rings. The summed E-state index contributed by atoms with van der Waals surface area (Å²) >= 11 is 0. The third-order valence-electron chi connectivity index (χ3n) is 2.30. The van der Waals surface area contributed by atoms with Gasteiger partial charge in [0.05, 0.1) is 0 Å². The Balaban J connectivity index is 2.65. The Bertz CT molecular complexity index is 430.